The van der Waals surface area contributed by atoms with Gasteiger partial charge in [0.05, 0.1) is 11.9 Å². The van der Waals surface area contributed by atoms with E-state index in [1.54, 1.807) is 30.5 Å². The Bertz CT molecular complexity index is 808. The van der Waals surface area contributed by atoms with Crippen LogP contribution in [0.2, 0.25) is 0 Å². The second-order valence-corrected chi connectivity index (χ2v) is 8.32. The molecule has 1 atom stereocenters. The zero-order valence-corrected chi connectivity index (χ0v) is 19.0. The monoisotopic (exact) mass is 508 g/mol. The van der Waals surface area contributed by atoms with Crippen molar-refractivity contribution < 1.29 is 8.42 Å². The molecule has 0 saturated heterocycles. The molecule has 0 spiro atoms. The van der Waals surface area contributed by atoms with E-state index in [1.165, 1.54) is 5.56 Å². The van der Waals surface area contributed by atoms with Crippen LogP contribution in [-0.2, 0) is 16.6 Å². The van der Waals surface area contributed by atoms with Crippen LogP contribution in [0.15, 0.2) is 46.1 Å². The first-order valence-electron chi connectivity index (χ1n) is 7.91. The van der Waals surface area contributed by atoms with Crippen LogP contribution in [0.5, 0.6) is 0 Å². The van der Waals surface area contributed by atoms with Crippen molar-refractivity contribution in [1.82, 2.24) is 10.6 Å². The van der Waals surface area contributed by atoms with Crippen molar-refractivity contribution in [2.24, 2.45) is 4.99 Å². The highest BCUT2D eigenvalue weighted by molar-refractivity contribution is 14.0. The first-order valence-corrected chi connectivity index (χ1v) is 10.7. The highest BCUT2D eigenvalue weighted by Crippen LogP contribution is 2.17. The minimum absolute atomic E-state index is 0. The molecule has 1 aromatic carbocycles. The van der Waals surface area contributed by atoms with Gasteiger partial charge in [-0.25, -0.2) is 8.42 Å². The molecule has 1 heterocycles. The number of halogens is 1. The molecule has 0 fully saturated rings. The number of sulfonamides is 1. The van der Waals surface area contributed by atoms with Gasteiger partial charge in [-0.3, -0.25) is 9.71 Å². The number of para-hydroxylation sites is 1. The number of benzene rings is 1. The van der Waals surface area contributed by atoms with Gasteiger partial charge < -0.3 is 10.6 Å². The molecule has 3 N–H and O–H groups in total. The van der Waals surface area contributed by atoms with Gasteiger partial charge in [0.25, 0.3) is 0 Å². The molecule has 1 unspecified atom stereocenters. The molecular formula is C17H25IN4O2S2. The van der Waals surface area contributed by atoms with Crippen molar-refractivity contribution in [2.45, 2.75) is 19.4 Å². The first kappa shape index (κ1) is 22.7. The predicted octanol–water partition coefficient (Wildman–Crippen LogP) is 3.21. The summed E-state index contributed by atoms with van der Waals surface area (Å²) in [5.41, 5.74) is 2.72. The van der Waals surface area contributed by atoms with Gasteiger partial charge in [0.2, 0.25) is 10.0 Å². The van der Waals surface area contributed by atoms with E-state index in [0.29, 0.717) is 24.1 Å². The molecule has 0 aliphatic carbocycles. The van der Waals surface area contributed by atoms with E-state index < -0.39 is 10.0 Å². The first-order chi connectivity index (χ1) is 11.9. The van der Waals surface area contributed by atoms with Crippen LogP contribution in [0.3, 0.4) is 0 Å². The third kappa shape index (κ3) is 7.50. The van der Waals surface area contributed by atoms with E-state index in [2.05, 4.69) is 44.1 Å². The van der Waals surface area contributed by atoms with Crippen molar-refractivity contribution in [3.05, 3.63) is 52.2 Å². The third-order valence-electron chi connectivity index (χ3n) is 3.67. The van der Waals surface area contributed by atoms with Gasteiger partial charge in [-0.2, -0.15) is 11.3 Å². The quantitative estimate of drug-likeness (QED) is 0.305. The number of nitrogens with one attached hydrogen (secondary N) is 3. The Kier molecular flexibility index (Phi) is 9.37. The number of anilines is 1. The summed E-state index contributed by atoms with van der Waals surface area (Å²) in [5, 5.41) is 10.7. The van der Waals surface area contributed by atoms with E-state index in [9.17, 15) is 8.42 Å². The maximum Gasteiger partial charge on any atom is 0.229 e. The summed E-state index contributed by atoms with van der Waals surface area (Å²) in [6.07, 6.45) is 1.14. The third-order valence-corrected chi connectivity index (χ3v) is 4.96. The second-order valence-electron chi connectivity index (χ2n) is 5.80. The lowest BCUT2D eigenvalue weighted by Crippen LogP contribution is -2.38. The highest BCUT2D eigenvalue weighted by atomic mass is 127. The molecule has 0 amide bonds. The maximum atomic E-state index is 11.5. The number of thiophene rings is 1. The molecule has 2 rings (SSSR count). The van der Waals surface area contributed by atoms with Gasteiger partial charge in [0, 0.05) is 20.1 Å². The zero-order chi connectivity index (χ0) is 18.3. The number of rotatable bonds is 7. The van der Waals surface area contributed by atoms with Crippen molar-refractivity contribution >= 4 is 57.0 Å². The van der Waals surface area contributed by atoms with Crippen LogP contribution in [0.25, 0.3) is 0 Å². The maximum absolute atomic E-state index is 11.5. The zero-order valence-electron chi connectivity index (χ0n) is 15.0. The highest BCUT2D eigenvalue weighted by Gasteiger charge is 2.09. The largest absolute Gasteiger partial charge is 0.356 e. The molecule has 0 bridgehead atoms. The fraction of sp³-hybridized carbons (Fsp3) is 0.353. The van der Waals surface area contributed by atoms with Crippen molar-refractivity contribution in [3.8, 4) is 0 Å². The average molecular weight is 508 g/mol. The molecule has 2 aromatic rings. The lowest BCUT2D eigenvalue weighted by Gasteiger charge is -2.17. The molecule has 1 aromatic heterocycles. The van der Waals surface area contributed by atoms with Crippen LogP contribution < -0.4 is 15.4 Å². The van der Waals surface area contributed by atoms with E-state index in [1.807, 2.05) is 12.1 Å². The Morgan fingerprint density at radius 2 is 1.96 bits per heavy atom. The summed E-state index contributed by atoms with van der Waals surface area (Å²) < 4.78 is 25.5. The van der Waals surface area contributed by atoms with Gasteiger partial charge in [-0.15, -0.1) is 24.0 Å². The van der Waals surface area contributed by atoms with Crippen LogP contribution >= 0.6 is 35.3 Å². The van der Waals surface area contributed by atoms with Crippen molar-refractivity contribution in [3.63, 3.8) is 0 Å². The van der Waals surface area contributed by atoms with Gasteiger partial charge >= 0.3 is 0 Å². The van der Waals surface area contributed by atoms with Crippen LogP contribution in [-0.4, -0.2) is 34.2 Å². The molecule has 0 aliphatic rings. The van der Waals surface area contributed by atoms with Gasteiger partial charge in [-0.1, -0.05) is 25.1 Å². The summed E-state index contributed by atoms with van der Waals surface area (Å²) in [6.45, 7) is 3.39. The Morgan fingerprint density at radius 3 is 2.58 bits per heavy atom. The fourth-order valence-electron chi connectivity index (χ4n) is 2.30. The molecule has 0 saturated carbocycles. The Balaban J connectivity index is 0.00000338. The fourth-order valence-corrected chi connectivity index (χ4v) is 3.68. The number of hydrogen-bond acceptors (Lipinski definition) is 4. The van der Waals surface area contributed by atoms with E-state index in [4.69, 9.17) is 0 Å². The average Bonchev–Trinajstić information content (AvgIpc) is 3.09. The van der Waals surface area contributed by atoms with Gasteiger partial charge in [0.15, 0.2) is 5.96 Å². The molecule has 0 aliphatic heterocycles. The minimum Gasteiger partial charge on any atom is -0.356 e. The van der Waals surface area contributed by atoms with Crippen LogP contribution in [0, 0.1) is 0 Å². The molecule has 9 heteroatoms. The van der Waals surface area contributed by atoms with Crippen LogP contribution in [0.4, 0.5) is 5.69 Å². The molecular weight excluding hydrogens is 483 g/mol. The topological polar surface area (TPSA) is 82.6 Å². The summed E-state index contributed by atoms with van der Waals surface area (Å²) >= 11 is 1.69. The van der Waals surface area contributed by atoms with Crippen molar-refractivity contribution in [1.29, 1.82) is 0 Å². The standard InChI is InChI=1S/C17H24N4O2S2.HI/c1-13(15-8-9-24-12-15)10-19-17(18-2)20-11-14-6-4-5-7-16(14)21-25(3,22)23;/h4-9,12-13,21H,10-11H2,1-3H3,(H2,18,19,20);1H. The Hall–Kier alpha value is -1.33. The lowest BCUT2D eigenvalue weighted by molar-refractivity contribution is 0.606. The van der Waals surface area contributed by atoms with Crippen molar-refractivity contribution in [2.75, 3.05) is 24.6 Å². The summed E-state index contributed by atoms with van der Waals surface area (Å²) in [4.78, 5) is 4.22. The summed E-state index contributed by atoms with van der Waals surface area (Å²) in [5.74, 6) is 1.06. The Labute approximate surface area is 176 Å². The van der Waals surface area contributed by atoms with Crippen LogP contribution in [0.1, 0.15) is 24.0 Å². The summed E-state index contributed by atoms with van der Waals surface area (Å²) in [6, 6.07) is 9.42. The van der Waals surface area contributed by atoms with Gasteiger partial charge in [-0.05, 0) is 39.9 Å². The van der Waals surface area contributed by atoms with E-state index in [-0.39, 0.29) is 24.0 Å². The van der Waals surface area contributed by atoms with E-state index in [0.717, 1.165) is 18.4 Å². The minimum atomic E-state index is -3.31. The molecule has 26 heavy (non-hydrogen) atoms. The SMILES string of the molecule is CN=C(NCc1ccccc1NS(C)(=O)=O)NCC(C)c1ccsc1.I. The second kappa shape index (κ2) is 10.7. The smallest absolute Gasteiger partial charge is 0.229 e. The Morgan fingerprint density at radius 1 is 1.23 bits per heavy atom. The number of nitrogens with zero attached hydrogens (tertiary/aromatic N) is 1. The predicted molar refractivity (Wildman–Crippen MR) is 121 cm³/mol. The lowest BCUT2D eigenvalue weighted by atomic mass is 10.1. The normalized spacial score (nSPS) is 12.8. The molecule has 144 valence electrons. The molecule has 0 radical (unpaired) electrons. The number of aliphatic imine (C=N–C) groups is 1. The number of guanidine groups is 1. The van der Waals surface area contributed by atoms with Gasteiger partial charge in [0.1, 0.15) is 0 Å². The summed E-state index contributed by atoms with van der Waals surface area (Å²) in [7, 11) is -1.60. The number of hydrogen-bond donors (Lipinski definition) is 3. The van der Waals surface area contributed by atoms with E-state index >= 15 is 0 Å². The molecule has 6 nitrogen and oxygen atoms in total.